The minimum absolute atomic E-state index is 0.212. The normalized spacial score (nSPS) is 24.1. The lowest BCUT2D eigenvalue weighted by molar-refractivity contribution is -0.110. The summed E-state index contributed by atoms with van der Waals surface area (Å²) in [5, 5.41) is 0. The second kappa shape index (κ2) is 6.00. The summed E-state index contributed by atoms with van der Waals surface area (Å²) in [4.78, 5) is 10.5. The molecule has 0 aromatic heterocycles. The largest absolute Gasteiger partial charge is 0.303 e. The van der Waals surface area contributed by atoms with Crippen molar-refractivity contribution in [1.82, 2.24) is 0 Å². The van der Waals surface area contributed by atoms with Crippen LogP contribution in [0, 0.1) is 11.8 Å². The topological polar surface area (TPSA) is 17.1 Å². The summed E-state index contributed by atoms with van der Waals surface area (Å²) >= 11 is 0. The Balaban J connectivity index is 2.33. The van der Waals surface area contributed by atoms with Crippen LogP contribution >= 0.6 is 0 Å². The summed E-state index contributed by atoms with van der Waals surface area (Å²) in [6.07, 6.45) is 10.9. The molecular weight excluding hydrogens is 172 g/mol. The van der Waals surface area contributed by atoms with Gasteiger partial charge in [0.15, 0.2) is 0 Å². The first-order valence-electron chi connectivity index (χ1n) is 5.89. The molecule has 0 saturated carbocycles. The van der Waals surface area contributed by atoms with Gasteiger partial charge in [-0.25, -0.2) is 0 Å². The first-order chi connectivity index (χ1) is 6.76. The Bertz CT molecular complexity index is 205. The number of allylic oxidation sites excluding steroid dienone is 2. The van der Waals surface area contributed by atoms with E-state index in [4.69, 9.17) is 0 Å². The van der Waals surface area contributed by atoms with Crippen molar-refractivity contribution >= 4 is 6.29 Å². The van der Waals surface area contributed by atoms with E-state index in [1.54, 1.807) is 0 Å². The molecule has 0 aliphatic heterocycles. The molecule has 1 aliphatic carbocycles. The fourth-order valence-electron chi connectivity index (χ4n) is 2.26. The first-order valence-corrected chi connectivity index (χ1v) is 5.89. The van der Waals surface area contributed by atoms with Gasteiger partial charge in [0.1, 0.15) is 6.29 Å². The van der Waals surface area contributed by atoms with Gasteiger partial charge in [0.25, 0.3) is 0 Å². The molecule has 14 heavy (non-hydrogen) atoms. The van der Waals surface area contributed by atoms with E-state index in [0.29, 0.717) is 0 Å². The molecule has 0 spiro atoms. The van der Waals surface area contributed by atoms with Gasteiger partial charge in [0.2, 0.25) is 0 Å². The predicted molar refractivity (Wildman–Crippen MR) is 60.2 cm³/mol. The second-order valence-electron chi connectivity index (χ2n) is 4.61. The molecule has 1 heteroatoms. The van der Waals surface area contributed by atoms with E-state index in [0.717, 1.165) is 18.6 Å². The van der Waals surface area contributed by atoms with Crippen molar-refractivity contribution < 1.29 is 4.79 Å². The van der Waals surface area contributed by atoms with Crippen molar-refractivity contribution in [3.8, 4) is 0 Å². The van der Waals surface area contributed by atoms with Crippen LogP contribution in [-0.4, -0.2) is 6.29 Å². The van der Waals surface area contributed by atoms with Crippen LogP contribution in [0.1, 0.15) is 52.4 Å². The van der Waals surface area contributed by atoms with Gasteiger partial charge < -0.3 is 4.79 Å². The molecule has 1 nitrogen and oxygen atoms in total. The third-order valence-corrected chi connectivity index (χ3v) is 3.13. The molecule has 0 bridgehead atoms. The Hall–Kier alpha value is -0.590. The quantitative estimate of drug-likeness (QED) is 0.481. The molecule has 80 valence electrons. The number of aldehydes is 1. The molecule has 2 atom stereocenters. The van der Waals surface area contributed by atoms with Crippen LogP contribution in [0.25, 0.3) is 0 Å². The first kappa shape index (κ1) is 11.5. The van der Waals surface area contributed by atoms with Crippen LogP contribution in [0.3, 0.4) is 0 Å². The number of hydrogen-bond donors (Lipinski definition) is 0. The second-order valence-corrected chi connectivity index (χ2v) is 4.61. The Morgan fingerprint density at radius 3 is 2.93 bits per heavy atom. The summed E-state index contributed by atoms with van der Waals surface area (Å²) in [6, 6.07) is 0. The number of hydrogen-bond acceptors (Lipinski definition) is 1. The van der Waals surface area contributed by atoms with Gasteiger partial charge in [0, 0.05) is 5.92 Å². The maximum absolute atomic E-state index is 10.5. The van der Waals surface area contributed by atoms with Crippen LogP contribution in [0.15, 0.2) is 11.6 Å². The Morgan fingerprint density at radius 2 is 2.43 bits per heavy atom. The van der Waals surface area contributed by atoms with Gasteiger partial charge in [-0.3, -0.25) is 0 Å². The van der Waals surface area contributed by atoms with Crippen molar-refractivity contribution in [2.75, 3.05) is 0 Å². The molecule has 0 radical (unpaired) electrons. The highest BCUT2D eigenvalue weighted by Crippen LogP contribution is 2.29. The lowest BCUT2D eigenvalue weighted by atomic mass is 9.84. The molecule has 0 aromatic rings. The van der Waals surface area contributed by atoms with Crippen LogP contribution in [0.4, 0.5) is 0 Å². The molecule has 0 heterocycles. The number of carbonyl (C=O) groups excluding carboxylic acids is 1. The van der Waals surface area contributed by atoms with E-state index >= 15 is 0 Å². The van der Waals surface area contributed by atoms with Crippen molar-refractivity contribution in [2.45, 2.75) is 52.4 Å². The lowest BCUT2D eigenvalue weighted by Gasteiger charge is -2.22. The maximum Gasteiger partial charge on any atom is 0.123 e. The Morgan fingerprint density at radius 1 is 1.64 bits per heavy atom. The molecule has 0 N–H and O–H groups in total. The zero-order valence-corrected chi connectivity index (χ0v) is 9.46. The fraction of sp³-hybridized carbons (Fsp3) is 0.769. The Kier molecular flexibility index (Phi) is 4.92. The highest BCUT2D eigenvalue weighted by atomic mass is 16.1. The van der Waals surface area contributed by atoms with Crippen LogP contribution < -0.4 is 0 Å². The van der Waals surface area contributed by atoms with Gasteiger partial charge in [-0.15, -0.1) is 0 Å². The van der Waals surface area contributed by atoms with Gasteiger partial charge in [-0.2, -0.15) is 0 Å². The van der Waals surface area contributed by atoms with Crippen molar-refractivity contribution in [1.29, 1.82) is 0 Å². The third-order valence-electron chi connectivity index (χ3n) is 3.13. The van der Waals surface area contributed by atoms with E-state index in [1.165, 1.54) is 37.7 Å². The van der Waals surface area contributed by atoms with Crippen LogP contribution in [-0.2, 0) is 4.79 Å². The maximum atomic E-state index is 10.5. The molecule has 1 aliphatic rings. The highest BCUT2D eigenvalue weighted by molar-refractivity contribution is 5.53. The average molecular weight is 194 g/mol. The zero-order valence-electron chi connectivity index (χ0n) is 9.46. The predicted octanol–water partition coefficient (Wildman–Crippen LogP) is 3.74. The molecule has 0 saturated heterocycles. The van der Waals surface area contributed by atoms with Crippen molar-refractivity contribution in [2.24, 2.45) is 11.8 Å². The van der Waals surface area contributed by atoms with E-state index in [2.05, 4.69) is 13.0 Å². The minimum atomic E-state index is 0.212. The summed E-state index contributed by atoms with van der Waals surface area (Å²) in [5.41, 5.74) is 1.51. The molecule has 1 unspecified atom stereocenters. The highest BCUT2D eigenvalue weighted by Gasteiger charge is 2.14. The van der Waals surface area contributed by atoms with E-state index in [-0.39, 0.29) is 5.92 Å². The van der Waals surface area contributed by atoms with E-state index in [9.17, 15) is 4.79 Å². The number of carbonyl (C=O) groups is 1. The summed E-state index contributed by atoms with van der Waals surface area (Å²) in [5.74, 6) is 1.12. The van der Waals surface area contributed by atoms with Gasteiger partial charge in [-0.1, -0.05) is 38.3 Å². The summed E-state index contributed by atoms with van der Waals surface area (Å²) in [6.45, 7) is 4.26. The standard InChI is InChI=1S/C13H22O/c1-3-4-12-5-7-13(8-6-12)9-11(2)10-14/h7,10-12H,3-6,8-9H2,1-2H3/t11?,12-/m1/s1. The SMILES string of the molecule is CCC[C@@H]1CC=C(CC(C)C=O)CC1. The summed E-state index contributed by atoms with van der Waals surface area (Å²) < 4.78 is 0. The molecule has 1 rings (SSSR count). The van der Waals surface area contributed by atoms with Crippen LogP contribution in [0.2, 0.25) is 0 Å². The lowest BCUT2D eigenvalue weighted by Crippen LogP contribution is -2.07. The summed E-state index contributed by atoms with van der Waals surface area (Å²) in [7, 11) is 0. The fourth-order valence-corrected chi connectivity index (χ4v) is 2.26. The molecule has 0 aromatic carbocycles. The van der Waals surface area contributed by atoms with E-state index < -0.39 is 0 Å². The van der Waals surface area contributed by atoms with Crippen molar-refractivity contribution in [3.63, 3.8) is 0 Å². The minimum Gasteiger partial charge on any atom is -0.303 e. The van der Waals surface area contributed by atoms with Gasteiger partial charge in [-0.05, 0) is 31.6 Å². The van der Waals surface area contributed by atoms with Crippen LogP contribution in [0.5, 0.6) is 0 Å². The average Bonchev–Trinajstić information content (AvgIpc) is 2.21. The van der Waals surface area contributed by atoms with Crippen molar-refractivity contribution in [3.05, 3.63) is 11.6 Å². The van der Waals surface area contributed by atoms with E-state index in [1.807, 2.05) is 6.92 Å². The smallest absolute Gasteiger partial charge is 0.123 e. The molecular formula is C13H22O. The Labute approximate surface area is 87.6 Å². The van der Waals surface area contributed by atoms with Gasteiger partial charge in [0.05, 0.1) is 0 Å². The van der Waals surface area contributed by atoms with Gasteiger partial charge >= 0.3 is 0 Å². The third kappa shape index (κ3) is 3.65. The molecule has 0 fully saturated rings. The zero-order chi connectivity index (χ0) is 10.4. The molecule has 0 amide bonds. The monoisotopic (exact) mass is 194 g/mol. The number of rotatable bonds is 5.